The predicted octanol–water partition coefficient (Wildman–Crippen LogP) is 2.37. The molecule has 0 bridgehead atoms. The van der Waals surface area contributed by atoms with E-state index in [9.17, 15) is 0 Å². The second kappa shape index (κ2) is 3.71. The highest BCUT2D eigenvalue weighted by Crippen LogP contribution is 2.36. The van der Waals surface area contributed by atoms with Crippen LogP contribution in [0.4, 0.5) is 0 Å². The van der Waals surface area contributed by atoms with Gasteiger partial charge in [0.15, 0.2) is 8.32 Å². The molecule has 0 aromatic rings. The predicted molar refractivity (Wildman–Crippen MR) is 59.6 cm³/mol. The van der Waals surface area contributed by atoms with E-state index in [0.717, 1.165) is 12.6 Å². The molecule has 0 saturated carbocycles. The highest BCUT2D eigenvalue weighted by molar-refractivity contribution is 6.74. The Morgan fingerprint density at radius 2 is 1.92 bits per heavy atom. The molecule has 1 saturated heterocycles. The first-order chi connectivity index (χ1) is 5.83. The number of nitrogens with one attached hydrogen (secondary N) is 1. The molecule has 0 aromatic carbocycles. The lowest BCUT2D eigenvalue weighted by atomic mass is 10.2. The summed E-state index contributed by atoms with van der Waals surface area (Å²) in [5.74, 6) is 0. The molecule has 2 nitrogen and oxygen atoms in total. The Balaban J connectivity index is 2.23. The Labute approximate surface area is 83.2 Å². The standard InChI is InChI=1S/C10H23NOSi/c1-10(2,3)13(4,5)12-7-6-9-8-11-9/h9,11H,6-8H2,1-5H3/t9-/m0/s1. The first kappa shape index (κ1) is 11.2. The summed E-state index contributed by atoms with van der Waals surface area (Å²) in [6.45, 7) is 13.6. The van der Waals surface area contributed by atoms with Gasteiger partial charge in [0.05, 0.1) is 0 Å². The van der Waals surface area contributed by atoms with Crippen LogP contribution in [0.15, 0.2) is 0 Å². The van der Waals surface area contributed by atoms with Gasteiger partial charge in [0, 0.05) is 19.2 Å². The molecule has 0 radical (unpaired) electrons. The van der Waals surface area contributed by atoms with Crippen molar-refractivity contribution in [3.8, 4) is 0 Å². The lowest BCUT2D eigenvalue weighted by Crippen LogP contribution is -2.41. The third-order valence-electron chi connectivity index (χ3n) is 3.23. The zero-order chi connectivity index (χ0) is 10.1. The van der Waals surface area contributed by atoms with Gasteiger partial charge >= 0.3 is 0 Å². The topological polar surface area (TPSA) is 31.2 Å². The smallest absolute Gasteiger partial charge is 0.191 e. The van der Waals surface area contributed by atoms with Gasteiger partial charge in [-0.05, 0) is 24.6 Å². The molecule has 1 aliphatic heterocycles. The van der Waals surface area contributed by atoms with Crippen molar-refractivity contribution in [2.45, 2.75) is 51.4 Å². The van der Waals surface area contributed by atoms with Crippen LogP contribution in [0.5, 0.6) is 0 Å². The van der Waals surface area contributed by atoms with E-state index >= 15 is 0 Å². The zero-order valence-electron chi connectivity index (χ0n) is 9.61. The van der Waals surface area contributed by atoms with Gasteiger partial charge in [-0.1, -0.05) is 20.8 Å². The Hall–Kier alpha value is 0.137. The van der Waals surface area contributed by atoms with Gasteiger partial charge in [-0.3, -0.25) is 0 Å². The van der Waals surface area contributed by atoms with Crippen molar-refractivity contribution in [2.75, 3.05) is 13.2 Å². The highest BCUT2D eigenvalue weighted by atomic mass is 28.4. The maximum absolute atomic E-state index is 6.04. The summed E-state index contributed by atoms with van der Waals surface area (Å²) in [4.78, 5) is 0. The molecule has 1 rings (SSSR count). The van der Waals surface area contributed by atoms with Crippen LogP contribution in [0.3, 0.4) is 0 Å². The molecule has 1 aliphatic rings. The lowest BCUT2D eigenvalue weighted by molar-refractivity contribution is 0.282. The largest absolute Gasteiger partial charge is 0.417 e. The van der Waals surface area contributed by atoms with Gasteiger partial charge in [-0.15, -0.1) is 0 Å². The molecular weight excluding hydrogens is 178 g/mol. The molecule has 0 aromatic heterocycles. The third kappa shape index (κ3) is 3.41. The van der Waals surface area contributed by atoms with Crippen LogP contribution in [-0.2, 0) is 4.43 Å². The van der Waals surface area contributed by atoms with Crippen molar-refractivity contribution in [1.82, 2.24) is 5.32 Å². The Morgan fingerprint density at radius 1 is 1.38 bits per heavy atom. The summed E-state index contributed by atoms with van der Waals surface area (Å²) < 4.78 is 6.04. The fourth-order valence-corrected chi connectivity index (χ4v) is 2.02. The fourth-order valence-electron chi connectivity index (χ4n) is 0.960. The normalized spacial score (nSPS) is 23.3. The van der Waals surface area contributed by atoms with Gasteiger partial charge in [0.2, 0.25) is 0 Å². The van der Waals surface area contributed by atoms with E-state index in [-0.39, 0.29) is 0 Å². The molecule has 1 N–H and O–H groups in total. The van der Waals surface area contributed by atoms with Crippen molar-refractivity contribution >= 4 is 8.32 Å². The van der Waals surface area contributed by atoms with Crippen LogP contribution in [-0.4, -0.2) is 27.5 Å². The summed E-state index contributed by atoms with van der Waals surface area (Å²) in [5.41, 5.74) is 0. The molecule has 0 aliphatic carbocycles. The fraction of sp³-hybridized carbons (Fsp3) is 1.00. The van der Waals surface area contributed by atoms with E-state index in [1.807, 2.05) is 0 Å². The maximum atomic E-state index is 6.04. The van der Waals surface area contributed by atoms with E-state index in [0.29, 0.717) is 5.04 Å². The lowest BCUT2D eigenvalue weighted by Gasteiger charge is -2.36. The number of rotatable bonds is 4. The van der Waals surface area contributed by atoms with Gasteiger partial charge in [-0.25, -0.2) is 0 Å². The minimum Gasteiger partial charge on any atom is -0.417 e. The van der Waals surface area contributed by atoms with Crippen molar-refractivity contribution in [3.05, 3.63) is 0 Å². The summed E-state index contributed by atoms with van der Waals surface area (Å²) in [5, 5.41) is 3.65. The van der Waals surface area contributed by atoms with Crippen LogP contribution in [0, 0.1) is 0 Å². The quantitative estimate of drug-likeness (QED) is 0.559. The van der Waals surface area contributed by atoms with Crippen molar-refractivity contribution in [3.63, 3.8) is 0 Å². The van der Waals surface area contributed by atoms with Gasteiger partial charge in [0.25, 0.3) is 0 Å². The van der Waals surface area contributed by atoms with Crippen molar-refractivity contribution in [2.24, 2.45) is 0 Å². The summed E-state index contributed by atoms with van der Waals surface area (Å²) in [6, 6.07) is 0.754. The van der Waals surface area contributed by atoms with Crippen molar-refractivity contribution in [1.29, 1.82) is 0 Å². The van der Waals surface area contributed by atoms with Gasteiger partial charge in [-0.2, -0.15) is 0 Å². The first-order valence-corrected chi connectivity index (χ1v) is 8.11. The van der Waals surface area contributed by atoms with E-state index in [1.54, 1.807) is 0 Å². The molecule has 78 valence electrons. The van der Waals surface area contributed by atoms with E-state index in [2.05, 4.69) is 39.2 Å². The number of hydrogen-bond donors (Lipinski definition) is 1. The molecule has 0 unspecified atom stereocenters. The third-order valence-corrected chi connectivity index (χ3v) is 7.77. The molecule has 1 atom stereocenters. The van der Waals surface area contributed by atoms with E-state index < -0.39 is 8.32 Å². The molecule has 0 amide bonds. The average Bonchev–Trinajstić information content (AvgIpc) is 2.68. The Bertz CT molecular complexity index is 170. The summed E-state index contributed by atoms with van der Waals surface area (Å²) >= 11 is 0. The van der Waals surface area contributed by atoms with Crippen LogP contribution >= 0.6 is 0 Å². The van der Waals surface area contributed by atoms with Gasteiger partial charge in [0.1, 0.15) is 0 Å². The number of hydrogen-bond acceptors (Lipinski definition) is 2. The second-order valence-electron chi connectivity index (χ2n) is 5.50. The summed E-state index contributed by atoms with van der Waals surface area (Å²) in [6.07, 6.45) is 1.19. The van der Waals surface area contributed by atoms with E-state index in [1.165, 1.54) is 13.0 Å². The SMILES string of the molecule is CC(C)(C)[Si](C)(C)OCC[C@H]1CN1. The summed E-state index contributed by atoms with van der Waals surface area (Å²) in [7, 11) is -1.47. The zero-order valence-corrected chi connectivity index (χ0v) is 10.6. The van der Waals surface area contributed by atoms with Crippen LogP contribution in [0.25, 0.3) is 0 Å². The van der Waals surface area contributed by atoms with Crippen LogP contribution in [0.1, 0.15) is 27.2 Å². The molecule has 0 spiro atoms. The minimum atomic E-state index is -1.47. The Morgan fingerprint density at radius 3 is 2.31 bits per heavy atom. The average molecular weight is 201 g/mol. The van der Waals surface area contributed by atoms with Crippen LogP contribution < -0.4 is 5.32 Å². The molecule has 1 heterocycles. The Kier molecular flexibility index (Phi) is 3.20. The maximum Gasteiger partial charge on any atom is 0.191 e. The van der Waals surface area contributed by atoms with Crippen molar-refractivity contribution < 1.29 is 4.43 Å². The molecule has 13 heavy (non-hydrogen) atoms. The van der Waals surface area contributed by atoms with Crippen LogP contribution in [0.2, 0.25) is 18.1 Å². The second-order valence-corrected chi connectivity index (χ2v) is 10.3. The molecule has 1 fully saturated rings. The highest BCUT2D eigenvalue weighted by Gasteiger charge is 2.37. The first-order valence-electron chi connectivity index (χ1n) is 5.20. The molecule has 3 heteroatoms. The molecular formula is C10H23NOSi. The van der Waals surface area contributed by atoms with E-state index in [4.69, 9.17) is 4.43 Å². The minimum absolute atomic E-state index is 0.351. The van der Waals surface area contributed by atoms with Gasteiger partial charge < -0.3 is 9.74 Å². The monoisotopic (exact) mass is 201 g/mol.